The zero-order chi connectivity index (χ0) is 24.1. The van der Waals surface area contributed by atoms with Crippen LogP contribution in [0, 0.1) is 0 Å². The zero-order valence-electron chi connectivity index (χ0n) is 17.5. The third-order valence-corrected chi connectivity index (χ3v) is 7.06. The van der Waals surface area contributed by atoms with E-state index in [2.05, 4.69) is 19.8 Å². The number of nitrogens with two attached hydrogens (primary N) is 4. The second-order valence-electron chi connectivity index (χ2n) is 6.19. The Morgan fingerprint density at radius 2 is 1.06 bits per heavy atom. The number of fused-ring (bicyclic) bond motifs is 3. The summed E-state index contributed by atoms with van der Waals surface area (Å²) in [5, 5.41) is 0. The molecule has 1 aliphatic rings. The molecule has 0 aromatic heterocycles. The topological polar surface area (TPSA) is 209 Å². The molecule has 0 atom stereocenters. The summed E-state index contributed by atoms with van der Waals surface area (Å²) in [6.45, 7) is -0.217. The monoisotopic (exact) mass is 490 g/mol. The van der Waals surface area contributed by atoms with Crippen LogP contribution in [0.25, 0.3) is 11.1 Å². The molecule has 0 bridgehead atoms. The fourth-order valence-electron chi connectivity index (χ4n) is 3.18. The maximum absolute atomic E-state index is 12.3. The van der Waals surface area contributed by atoms with Gasteiger partial charge in [-0.2, -0.15) is 16.8 Å². The highest BCUT2D eigenvalue weighted by Gasteiger charge is 2.30. The summed E-state index contributed by atoms with van der Waals surface area (Å²) in [6.07, 6.45) is 0.396. The van der Waals surface area contributed by atoms with Crippen LogP contribution in [0.3, 0.4) is 0 Å². The van der Waals surface area contributed by atoms with Gasteiger partial charge < -0.3 is 20.9 Å². The largest absolute Gasteiger partial charge is 0.477 e. The van der Waals surface area contributed by atoms with E-state index in [1.165, 1.54) is 12.1 Å². The standard InChI is InChI=1S/C17H20N2O8S2.CH6N2/c1-24-28(20,21)16-6-12-10(4-14(16)26-8-18)3-11-5-15(27-9-19)17(7-13(11)12)29(22,23)25-2;2-1-3/h4-7H,3,8-9,18-19H2,1-2H3;1-3H2. The fraction of sp³-hybridized carbons (Fsp3) is 0.333. The highest BCUT2D eigenvalue weighted by Crippen LogP contribution is 2.44. The summed E-state index contributed by atoms with van der Waals surface area (Å²) in [5.74, 6) is 0.0909. The van der Waals surface area contributed by atoms with Crippen molar-refractivity contribution in [3.05, 3.63) is 35.4 Å². The van der Waals surface area contributed by atoms with Crippen LogP contribution in [0.4, 0.5) is 0 Å². The van der Waals surface area contributed by atoms with Crippen molar-refractivity contribution in [1.29, 1.82) is 0 Å². The molecule has 14 heteroatoms. The van der Waals surface area contributed by atoms with Gasteiger partial charge in [0, 0.05) is 6.67 Å². The number of ether oxygens (including phenoxy) is 2. The zero-order valence-corrected chi connectivity index (χ0v) is 19.2. The van der Waals surface area contributed by atoms with Crippen LogP contribution in [-0.2, 0) is 35.0 Å². The van der Waals surface area contributed by atoms with Gasteiger partial charge in [0.05, 0.1) is 14.2 Å². The third-order valence-electron chi connectivity index (χ3n) is 4.47. The van der Waals surface area contributed by atoms with Crippen molar-refractivity contribution in [3.63, 3.8) is 0 Å². The van der Waals surface area contributed by atoms with Crippen molar-refractivity contribution >= 4 is 20.2 Å². The molecule has 0 saturated carbocycles. The quantitative estimate of drug-likeness (QED) is 0.230. The van der Waals surface area contributed by atoms with Crippen LogP contribution in [0.2, 0.25) is 0 Å². The van der Waals surface area contributed by atoms with Gasteiger partial charge in [0.1, 0.15) is 34.8 Å². The van der Waals surface area contributed by atoms with Crippen molar-refractivity contribution in [1.82, 2.24) is 0 Å². The van der Waals surface area contributed by atoms with Gasteiger partial charge in [-0.25, -0.2) is 0 Å². The summed E-state index contributed by atoms with van der Waals surface area (Å²) in [5.41, 5.74) is 22.6. The normalized spacial score (nSPS) is 12.4. The van der Waals surface area contributed by atoms with Crippen molar-refractivity contribution in [2.45, 2.75) is 16.2 Å². The molecule has 2 aromatic carbocycles. The van der Waals surface area contributed by atoms with Crippen molar-refractivity contribution < 1.29 is 34.7 Å². The molecule has 1 aliphatic carbocycles. The lowest BCUT2D eigenvalue weighted by Gasteiger charge is -2.14. The number of benzene rings is 2. The molecule has 0 heterocycles. The summed E-state index contributed by atoms with van der Waals surface area (Å²) in [7, 11) is -6.14. The molecule has 0 amide bonds. The lowest BCUT2D eigenvalue weighted by atomic mass is 10.1. The molecular weight excluding hydrogens is 464 g/mol. The lowest BCUT2D eigenvalue weighted by Crippen LogP contribution is -2.12. The Hall–Kier alpha value is -2.30. The first kappa shape index (κ1) is 26.0. The number of hydrogen-bond acceptors (Lipinski definition) is 12. The molecule has 3 rings (SSSR count). The Morgan fingerprint density at radius 1 is 0.719 bits per heavy atom. The van der Waals surface area contributed by atoms with E-state index >= 15 is 0 Å². The molecular formula is C18H26N4O8S2. The minimum atomic E-state index is -4.10. The molecule has 0 unspecified atom stereocenters. The Kier molecular flexibility index (Phi) is 8.55. The van der Waals surface area contributed by atoms with E-state index in [4.69, 9.17) is 20.9 Å². The van der Waals surface area contributed by atoms with Crippen molar-refractivity contribution in [2.24, 2.45) is 22.9 Å². The average molecular weight is 491 g/mol. The van der Waals surface area contributed by atoms with Crippen LogP contribution in [0.1, 0.15) is 11.1 Å². The van der Waals surface area contributed by atoms with Crippen LogP contribution in [0.5, 0.6) is 11.5 Å². The van der Waals surface area contributed by atoms with Gasteiger partial charge in [-0.05, 0) is 52.9 Å². The Bertz CT molecular complexity index is 1090. The highest BCUT2D eigenvalue weighted by molar-refractivity contribution is 7.87. The van der Waals surface area contributed by atoms with E-state index in [1.807, 2.05) is 0 Å². The molecule has 0 saturated heterocycles. The highest BCUT2D eigenvalue weighted by atomic mass is 32.2. The average Bonchev–Trinajstić information content (AvgIpc) is 3.10. The number of hydrogen-bond donors (Lipinski definition) is 4. The number of rotatable bonds is 8. The minimum Gasteiger partial charge on any atom is -0.477 e. The van der Waals surface area contributed by atoms with Gasteiger partial charge >= 0.3 is 0 Å². The van der Waals surface area contributed by atoms with Crippen LogP contribution < -0.4 is 32.4 Å². The Balaban J connectivity index is 0.00000114. The van der Waals surface area contributed by atoms with E-state index in [9.17, 15) is 16.8 Å². The summed E-state index contributed by atoms with van der Waals surface area (Å²) < 4.78 is 69.1. The third kappa shape index (κ3) is 5.19. The van der Waals surface area contributed by atoms with E-state index in [0.717, 1.165) is 25.3 Å². The van der Waals surface area contributed by atoms with Crippen LogP contribution >= 0.6 is 0 Å². The first-order chi connectivity index (χ1) is 15.1. The second-order valence-corrected chi connectivity index (χ2v) is 9.55. The Labute approximate surface area is 186 Å². The van der Waals surface area contributed by atoms with Crippen LogP contribution in [0.15, 0.2) is 34.1 Å². The molecule has 178 valence electrons. The van der Waals surface area contributed by atoms with Gasteiger partial charge in [0.2, 0.25) is 0 Å². The minimum absolute atomic E-state index is 0.0454. The predicted molar refractivity (Wildman–Crippen MR) is 116 cm³/mol. The summed E-state index contributed by atoms with van der Waals surface area (Å²) in [6, 6.07) is 5.83. The van der Waals surface area contributed by atoms with E-state index in [1.54, 1.807) is 12.1 Å². The summed E-state index contributed by atoms with van der Waals surface area (Å²) >= 11 is 0. The first-order valence-electron chi connectivity index (χ1n) is 9.11. The molecule has 2 aromatic rings. The molecule has 8 N–H and O–H groups in total. The maximum Gasteiger partial charge on any atom is 0.300 e. The second kappa shape index (κ2) is 10.5. The van der Waals surface area contributed by atoms with Gasteiger partial charge in [-0.15, -0.1) is 0 Å². The smallest absolute Gasteiger partial charge is 0.300 e. The fourth-order valence-corrected chi connectivity index (χ4v) is 4.79. The lowest BCUT2D eigenvalue weighted by molar-refractivity contribution is 0.316. The summed E-state index contributed by atoms with van der Waals surface area (Å²) in [4.78, 5) is -0.425. The van der Waals surface area contributed by atoms with Gasteiger partial charge in [-0.1, -0.05) is 0 Å². The molecule has 0 fully saturated rings. The predicted octanol–water partition coefficient (Wildman–Crippen LogP) is -0.621. The molecule has 32 heavy (non-hydrogen) atoms. The van der Waals surface area contributed by atoms with Crippen molar-refractivity contribution in [3.8, 4) is 22.6 Å². The SMILES string of the molecule is COS(=O)(=O)c1cc2c(cc1OCN)Cc1cc(OCN)c(S(=O)(=O)OC)cc1-2.NCN. The van der Waals surface area contributed by atoms with Gasteiger partial charge in [0.25, 0.3) is 20.2 Å². The van der Waals surface area contributed by atoms with Crippen molar-refractivity contribution in [2.75, 3.05) is 34.3 Å². The molecule has 0 spiro atoms. The van der Waals surface area contributed by atoms with Crippen LogP contribution in [-0.4, -0.2) is 51.2 Å². The Morgan fingerprint density at radius 3 is 1.34 bits per heavy atom. The van der Waals surface area contributed by atoms with Gasteiger partial charge in [0.15, 0.2) is 0 Å². The molecule has 0 aliphatic heterocycles. The van der Waals surface area contributed by atoms with E-state index in [0.29, 0.717) is 17.5 Å². The van der Waals surface area contributed by atoms with Gasteiger partial charge in [-0.3, -0.25) is 19.8 Å². The molecule has 12 nitrogen and oxygen atoms in total. The molecule has 0 radical (unpaired) electrons. The maximum atomic E-state index is 12.3. The van der Waals surface area contributed by atoms with E-state index < -0.39 is 20.2 Å². The van der Waals surface area contributed by atoms with E-state index in [-0.39, 0.29) is 41.4 Å². The first-order valence-corrected chi connectivity index (χ1v) is 11.9.